The van der Waals surface area contributed by atoms with E-state index >= 15 is 0 Å². The van der Waals surface area contributed by atoms with Gasteiger partial charge in [0.1, 0.15) is 171 Å². The average Bonchev–Trinajstić information content (AvgIpc) is 3.50. The van der Waals surface area contributed by atoms with Crippen LogP contribution in [0.2, 0.25) is 0 Å². The summed E-state index contributed by atoms with van der Waals surface area (Å²) in [5.74, 6) is -0.779. The van der Waals surface area contributed by atoms with Gasteiger partial charge >= 0.3 is 0 Å². The molecule has 0 aliphatic carbocycles. The van der Waals surface area contributed by atoms with Crippen LogP contribution in [0.15, 0.2) is 0 Å². The van der Waals surface area contributed by atoms with Gasteiger partial charge in [0.05, 0.1) is 46.2 Å². The fourth-order valence-corrected chi connectivity index (χ4v) is 10.2. The van der Waals surface area contributed by atoms with Crippen molar-refractivity contribution in [3.8, 4) is 0 Å². The van der Waals surface area contributed by atoms with E-state index in [1.807, 2.05) is 0 Å². The van der Waals surface area contributed by atoms with Crippen LogP contribution in [0.5, 0.6) is 0 Å². The van der Waals surface area contributed by atoms with Gasteiger partial charge in [0.2, 0.25) is 5.91 Å². The first-order valence-corrected chi connectivity index (χ1v) is 25.6. The molecule has 37 heteroatoms. The molecule has 1 amide bonds. The highest BCUT2D eigenvalue weighted by Crippen LogP contribution is 2.37. The number of amides is 1. The van der Waals surface area contributed by atoms with Crippen LogP contribution in [-0.4, -0.2) is 379 Å². The number of ether oxygens (including phenoxy) is 13. The second kappa shape index (κ2) is 28.7. The van der Waals surface area contributed by atoms with Gasteiger partial charge in [-0.1, -0.05) is 0 Å². The molecule has 0 saturated carbocycles. The van der Waals surface area contributed by atoms with E-state index in [1.54, 1.807) is 0 Å². The number of nitrogens with one attached hydrogen (secondary N) is 1. The number of carbonyl (C=O) groups is 1. The molecular formula is C44H75NO36. The average molecular weight is 1190 g/mol. The first kappa shape index (κ1) is 66.6. The molecule has 0 aromatic heterocycles. The van der Waals surface area contributed by atoms with Crippen molar-refractivity contribution >= 4 is 5.91 Å². The summed E-state index contributed by atoms with van der Waals surface area (Å²) in [4.78, 5) is 12.0. The molecule has 472 valence electrons. The molecule has 7 rings (SSSR count). The lowest BCUT2D eigenvalue weighted by molar-refractivity contribution is -0.395. The number of carbonyl (C=O) groups excluding carboxylic acids is 1. The molecule has 23 N–H and O–H groups in total. The van der Waals surface area contributed by atoms with Gasteiger partial charge in [-0.05, 0) is 0 Å². The molecule has 81 heavy (non-hydrogen) atoms. The van der Waals surface area contributed by atoms with Gasteiger partial charge in [-0.15, -0.1) is 0 Å². The Morgan fingerprint density at radius 1 is 0.321 bits per heavy atom. The van der Waals surface area contributed by atoms with Crippen LogP contribution in [0.4, 0.5) is 0 Å². The van der Waals surface area contributed by atoms with Gasteiger partial charge in [-0.25, -0.2) is 0 Å². The van der Waals surface area contributed by atoms with Crippen molar-refractivity contribution < 1.29 is 179 Å². The summed E-state index contributed by atoms with van der Waals surface area (Å²) in [7, 11) is 0. The second-order valence-electron chi connectivity index (χ2n) is 20.4. The highest BCUT2D eigenvalue weighted by atomic mass is 16.8. The lowest BCUT2D eigenvalue weighted by Gasteiger charge is -2.49. The number of hydrogen-bond donors (Lipinski definition) is 23. The zero-order valence-corrected chi connectivity index (χ0v) is 42.7. The molecule has 0 spiro atoms. The minimum Gasteiger partial charge on any atom is -0.394 e. The molecular weight excluding hydrogens is 1120 g/mol. The van der Waals surface area contributed by atoms with E-state index in [0.717, 1.165) is 6.92 Å². The van der Waals surface area contributed by atoms with Crippen LogP contribution >= 0.6 is 0 Å². The number of rotatable bonds is 20. The fourth-order valence-electron chi connectivity index (χ4n) is 10.2. The Morgan fingerprint density at radius 3 is 1.09 bits per heavy atom. The molecule has 0 aromatic carbocycles. The van der Waals surface area contributed by atoms with E-state index < -0.39 is 267 Å². The largest absolute Gasteiger partial charge is 0.394 e. The molecule has 0 aromatic rings. The molecule has 7 fully saturated rings. The molecule has 0 bridgehead atoms. The predicted molar refractivity (Wildman–Crippen MR) is 243 cm³/mol. The van der Waals surface area contributed by atoms with Crippen molar-refractivity contribution in [2.24, 2.45) is 0 Å². The van der Waals surface area contributed by atoms with Gasteiger partial charge < -0.3 is 179 Å². The topological polar surface area (TPSA) is 594 Å². The third-order valence-corrected chi connectivity index (χ3v) is 14.9. The summed E-state index contributed by atoms with van der Waals surface area (Å²) in [6.45, 7) is -5.86. The van der Waals surface area contributed by atoms with Crippen LogP contribution in [0.3, 0.4) is 0 Å². The summed E-state index contributed by atoms with van der Waals surface area (Å²) in [6, 6.07) is -1.65. The smallest absolute Gasteiger partial charge is 0.217 e. The van der Waals surface area contributed by atoms with E-state index in [4.69, 9.17) is 61.6 Å². The first-order valence-electron chi connectivity index (χ1n) is 25.6. The lowest BCUT2D eigenvalue weighted by Crippen LogP contribution is -2.68. The standard InChI is InChI=1S/C44H75NO36/c1-9(51)45-17-24(58)34(14(6-50)71-38(17)68)78-43-33(67)36(79-41-30(64)26(60)19(53)11(3-47)73-41)23(57)16(77-43)8-70-40-32(66)35(22(56)15(76-40)7-69-39-29(63)25(59)18(52)10(2-46)72-39)80-44-37(28(62)21(55)13(5-49)75-44)81-42-31(65)27(61)20(54)12(4-48)74-42/h10-44,46-50,52-68H,2-8H2,1H3,(H,45,51)/t10-,11-,12-,13-,14-,15-,16-,17-,18-,19-,20-,21-,22-,23-,24-,25+,26+,27+,28+,29+,30+,31+,32+,33+,34-,35+,36+,37+,38-,39+,40+,41-,42-,43+,44-/m1/s1. The Kier molecular flexibility index (Phi) is 23.6. The molecule has 37 nitrogen and oxygen atoms in total. The summed E-state index contributed by atoms with van der Waals surface area (Å²) < 4.78 is 73.9. The molecule has 7 aliphatic rings. The maximum absolute atomic E-state index is 12.0. The van der Waals surface area contributed by atoms with Gasteiger partial charge in [-0.3, -0.25) is 4.79 Å². The Balaban J connectivity index is 1.19. The number of aliphatic hydroxyl groups is 22. The van der Waals surface area contributed by atoms with E-state index in [9.17, 15) is 117 Å². The fraction of sp³-hybridized carbons (Fsp3) is 0.977. The van der Waals surface area contributed by atoms with E-state index in [0.29, 0.717) is 0 Å². The molecule has 0 unspecified atom stereocenters. The van der Waals surface area contributed by atoms with Crippen LogP contribution in [0.25, 0.3) is 0 Å². The number of hydrogen-bond acceptors (Lipinski definition) is 36. The van der Waals surface area contributed by atoms with Crippen molar-refractivity contribution in [1.82, 2.24) is 5.32 Å². The maximum atomic E-state index is 12.0. The minimum atomic E-state index is -2.34. The van der Waals surface area contributed by atoms with Crippen molar-refractivity contribution in [1.29, 1.82) is 0 Å². The highest BCUT2D eigenvalue weighted by molar-refractivity contribution is 5.73. The van der Waals surface area contributed by atoms with Crippen LogP contribution in [0, 0.1) is 0 Å². The zero-order chi connectivity index (χ0) is 59.6. The summed E-state index contributed by atoms with van der Waals surface area (Å²) in [5.41, 5.74) is 0. The quantitative estimate of drug-likeness (QED) is 0.0538. The first-order chi connectivity index (χ1) is 38.3. The molecule has 0 radical (unpaired) electrons. The molecule has 7 heterocycles. The van der Waals surface area contributed by atoms with E-state index in [2.05, 4.69) is 5.32 Å². The lowest BCUT2D eigenvalue weighted by atomic mass is 9.95. The maximum Gasteiger partial charge on any atom is 0.217 e. The van der Waals surface area contributed by atoms with Crippen molar-refractivity contribution in [2.45, 2.75) is 222 Å². The SMILES string of the molecule is CC(=O)N[C@@H]1[C@@H](O)[C@H](O[C@@H]2O[C@H](CO[C@H]3O[C@H](CO[C@H]4O[C@H](CO)[C@@H](O)[C@H](O)[C@@H]4O)[C@@H](O)[C@H](O[C@H]4O[C@H](CO)[C@@H](O)[C@H](O)[C@@H]4O[C@H]4O[C@H](CO)[C@@H](O)[C@H](O)[C@@H]4O)[C@@H]3O)[C@@H](O)[C@H](O[C@H]3O[C@H](CO)[C@@H](O)[C@H](O)[C@@H]3O)[C@@H]2O)[C@@H](CO)O[C@H]1O. The second-order valence-corrected chi connectivity index (χ2v) is 20.4. The molecule has 7 aliphatic heterocycles. The molecule has 7 saturated heterocycles. The summed E-state index contributed by atoms with van der Waals surface area (Å²) in [6.07, 6.45) is -68.1. The van der Waals surface area contributed by atoms with Gasteiger partial charge in [-0.2, -0.15) is 0 Å². The predicted octanol–water partition coefficient (Wildman–Crippen LogP) is -16.1. The number of aliphatic hydroxyl groups excluding tert-OH is 22. The third-order valence-electron chi connectivity index (χ3n) is 14.9. The zero-order valence-electron chi connectivity index (χ0n) is 42.7. The van der Waals surface area contributed by atoms with Gasteiger partial charge in [0.15, 0.2) is 44.0 Å². The van der Waals surface area contributed by atoms with Crippen LogP contribution < -0.4 is 5.32 Å². The van der Waals surface area contributed by atoms with E-state index in [-0.39, 0.29) is 0 Å². The minimum absolute atomic E-state index is 0.779. The van der Waals surface area contributed by atoms with E-state index in [1.165, 1.54) is 0 Å². The Bertz CT molecular complexity index is 1940. The third kappa shape index (κ3) is 14.2. The normalized spacial score (nSPS) is 51.9. The van der Waals surface area contributed by atoms with Crippen molar-refractivity contribution in [3.63, 3.8) is 0 Å². The Labute approximate surface area is 457 Å². The van der Waals surface area contributed by atoms with Crippen molar-refractivity contribution in [3.05, 3.63) is 0 Å². The van der Waals surface area contributed by atoms with Crippen LogP contribution in [0.1, 0.15) is 6.92 Å². The summed E-state index contributed by atoms with van der Waals surface area (Å²) in [5, 5.41) is 238. The highest BCUT2D eigenvalue weighted by Gasteiger charge is 2.58. The Hall–Kier alpha value is -1.93. The van der Waals surface area contributed by atoms with Gasteiger partial charge in [0.25, 0.3) is 0 Å². The van der Waals surface area contributed by atoms with Crippen LogP contribution in [-0.2, 0) is 66.4 Å². The Morgan fingerprint density at radius 2 is 0.642 bits per heavy atom. The summed E-state index contributed by atoms with van der Waals surface area (Å²) >= 11 is 0. The monoisotopic (exact) mass is 1190 g/mol. The van der Waals surface area contributed by atoms with Crippen molar-refractivity contribution in [2.75, 3.05) is 46.2 Å². The molecule has 35 atom stereocenters. The van der Waals surface area contributed by atoms with Gasteiger partial charge in [0, 0.05) is 6.92 Å².